The molecule has 0 heterocycles. The maximum absolute atomic E-state index is 13.7. The number of ether oxygens (including phenoxy) is 4. The molecule has 7 nitrogen and oxygen atoms in total. The third kappa shape index (κ3) is 5.97. The lowest BCUT2D eigenvalue weighted by Crippen LogP contribution is -2.20. The molecule has 3 rings (SSSR count). The van der Waals surface area contributed by atoms with E-state index in [9.17, 15) is 18.4 Å². The number of hydrogen-bond donors (Lipinski definition) is 1. The molecule has 33 heavy (non-hydrogen) atoms. The molecule has 3 aromatic carbocycles. The minimum absolute atomic E-state index is 0.0867. The highest BCUT2D eigenvalue weighted by atomic mass is 19.2. The molecule has 0 unspecified atom stereocenters. The fraction of sp³-hybridized carbons (Fsp3) is 0.167. The summed E-state index contributed by atoms with van der Waals surface area (Å²) in [5.41, 5.74) is 0.513. The van der Waals surface area contributed by atoms with Crippen LogP contribution in [0.1, 0.15) is 15.9 Å². The van der Waals surface area contributed by atoms with Crippen LogP contribution in [0.5, 0.6) is 17.2 Å². The van der Waals surface area contributed by atoms with Crippen molar-refractivity contribution in [3.8, 4) is 17.2 Å². The molecule has 0 aliphatic rings. The Kier molecular flexibility index (Phi) is 7.80. The van der Waals surface area contributed by atoms with Crippen LogP contribution < -0.4 is 19.5 Å². The summed E-state index contributed by atoms with van der Waals surface area (Å²) in [5.74, 6) is -2.38. The van der Waals surface area contributed by atoms with Gasteiger partial charge in [-0.05, 0) is 36.4 Å². The van der Waals surface area contributed by atoms with E-state index >= 15 is 0 Å². The van der Waals surface area contributed by atoms with E-state index in [1.807, 2.05) is 0 Å². The molecule has 0 fully saturated rings. The molecule has 172 valence electrons. The monoisotopic (exact) mass is 457 g/mol. The molecular formula is C24H21F2NO6. The van der Waals surface area contributed by atoms with Crippen molar-refractivity contribution in [1.29, 1.82) is 0 Å². The molecular weight excluding hydrogens is 436 g/mol. The van der Waals surface area contributed by atoms with Crippen molar-refractivity contribution in [2.75, 3.05) is 26.1 Å². The van der Waals surface area contributed by atoms with Crippen molar-refractivity contribution in [3.05, 3.63) is 83.4 Å². The van der Waals surface area contributed by atoms with Crippen LogP contribution in [0.25, 0.3) is 0 Å². The number of benzene rings is 3. The van der Waals surface area contributed by atoms with Crippen LogP contribution in [0.2, 0.25) is 0 Å². The lowest BCUT2D eigenvalue weighted by Gasteiger charge is -2.13. The number of amides is 1. The summed E-state index contributed by atoms with van der Waals surface area (Å²) in [5, 5.41) is 2.68. The lowest BCUT2D eigenvalue weighted by atomic mass is 10.2. The van der Waals surface area contributed by atoms with E-state index < -0.39 is 30.1 Å². The van der Waals surface area contributed by atoms with Gasteiger partial charge in [0.05, 0.1) is 25.5 Å². The number of hydrogen-bond acceptors (Lipinski definition) is 6. The average molecular weight is 457 g/mol. The normalized spacial score (nSPS) is 10.3. The first kappa shape index (κ1) is 23.5. The highest BCUT2D eigenvalue weighted by Crippen LogP contribution is 2.29. The van der Waals surface area contributed by atoms with Crippen LogP contribution in [-0.4, -0.2) is 32.7 Å². The van der Waals surface area contributed by atoms with Crippen LogP contribution >= 0.6 is 0 Å². The van der Waals surface area contributed by atoms with Crippen LogP contribution in [0.15, 0.2) is 60.7 Å². The molecule has 3 aromatic rings. The highest BCUT2D eigenvalue weighted by Gasteiger charge is 2.16. The zero-order chi connectivity index (χ0) is 23.8. The van der Waals surface area contributed by atoms with Gasteiger partial charge in [-0.25, -0.2) is 13.6 Å². The fourth-order valence-electron chi connectivity index (χ4n) is 2.88. The Balaban J connectivity index is 1.61. The van der Waals surface area contributed by atoms with Gasteiger partial charge in [-0.2, -0.15) is 0 Å². The summed E-state index contributed by atoms with van der Waals surface area (Å²) in [6.45, 7) is -0.761. The van der Waals surface area contributed by atoms with Gasteiger partial charge in [-0.1, -0.05) is 24.3 Å². The number of anilines is 1. The van der Waals surface area contributed by atoms with Crippen molar-refractivity contribution in [1.82, 2.24) is 0 Å². The molecule has 0 atom stereocenters. The van der Waals surface area contributed by atoms with Crippen LogP contribution in [0, 0.1) is 11.6 Å². The number of esters is 1. The second kappa shape index (κ2) is 10.9. The predicted molar refractivity (Wildman–Crippen MR) is 116 cm³/mol. The van der Waals surface area contributed by atoms with E-state index in [2.05, 4.69) is 5.32 Å². The molecule has 0 saturated carbocycles. The zero-order valence-electron chi connectivity index (χ0n) is 17.9. The number of halogens is 2. The summed E-state index contributed by atoms with van der Waals surface area (Å²) in [4.78, 5) is 24.5. The molecule has 0 aliphatic carbocycles. The van der Waals surface area contributed by atoms with Crippen LogP contribution in [-0.2, 0) is 16.1 Å². The van der Waals surface area contributed by atoms with Gasteiger partial charge in [-0.3, -0.25) is 4.79 Å². The van der Waals surface area contributed by atoms with Gasteiger partial charge in [0.1, 0.15) is 12.4 Å². The molecule has 1 amide bonds. The van der Waals surface area contributed by atoms with Crippen LogP contribution in [0.3, 0.4) is 0 Å². The van der Waals surface area contributed by atoms with E-state index in [0.717, 1.165) is 6.07 Å². The van der Waals surface area contributed by atoms with E-state index in [1.54, 1.807) is 24.3 Å². The molecule has 0 saturated heterocycles. The number of para-hydroxylation sites is 2. The number of carbonyl (C=O) groups excluding carboxylic acids is 2. The Hall–Kier alpha value is -4.14. The first-order chi connectivity index (χ1) is 15.9. The highest BCUT2D eigenvalue weighted by molar-refractivity contribution is 5.93. The molecule has 0 aromatic heterocycles. The number of carbonyl (C=O) groups is 2. The first-order valence-corrected chi connectivity index (χ1v) is 9.76. The second-order valence-electron chi connectivity index (χ2n) is 6.69. The third-order valence-corrected chi connectivity index (χ3v) is 4.53. The van der Waals surface area contributed by atoms with Gasteiger partial charge in [0.15, 0.2) is 29.7 Å². The Morgan fingerprint density at radius 2 is 1.64 bits per heavy atom. The summed E-state index contributed by atoms with van der Waals surface area (Å²) in [7, 11) is 2.86. The number of methoxy groups -OCH3 is 2. The zero-order valence-corrected chi connectivity index (χ0v) is 17.9. The van der Waals surface area contributed by atoms with Gasteiger partial charge < -0.3 is 24.3 Å². The Bertz CT molecular complexity index is 1150. The minimum Gasteiger partial charge on any atom is -0.495 e. The number of rotatable bonds is 9. The van der Waals surface area contributed by atoms with Crippen molar-refractivity contribution in [2.45, 2.75) is 6.61 Å². The van der Waals surface area contributed by atoms with Gasteiger partial charge in [0.2, 0.25) is 0 Å². The van der Waals surface area contributed by atoms with Gasteiger partial charge in [0, 0.05) is 5.56 Å². The molecule has 0 aliphatic heterocycles. The van der Waals surface area contributed by atoms with Crippen molar-refractivity contribution in [3.63, 3.8) is 0 Å². The Morgan fingerprint density at radius 1 is 0.879 bits per heavy atom. The Morgan fingerprint density at radius 3 is 2.39 bits per heavy atom. The van der Waals surface area contributed by atoms with Gasteiger partial charge in [-0.15, -0.1) is 0 Å². The smallest absolute Gasteiger partial charge is 0.338 e. The summed E-state index contributed by atoms with van der Waals surface area (Å²) in [6.07, 6.45) is 0. The minimum atomic E-state index is -1.07. The summed E-state index contributed by atoms with van der Waals surface area (Å²) < 4.78 is 48.0. The largest absolute Gasteiger partial charge is 0.495 e. The topological polar surface area (TPSA) is 83.1 Å². The molecule has 0 bridgehead atoms. The second-order valence-corrected chi connectivity index (χ2v) is 6.69. The predicted octanol–water partition coefficient (Wildman–Crippen LogP) is 4.36. The number of nitrogens with one attached hydrogen (secondary N) is 1. The molecule has 0 spiro atoms. The van der Waals surface area contributed by atoms with Gasteiger partial charge in [0.25, 0.3) is 5.91 Å². The molecule has 0 radical (unpaired) electrons. The van der Waals surface area contributed by atoms with Gasteiger partial charge >= 0.3 is 5.97 Å². The van der Waals surface area contributed by atoms with Crippen molar-refractivity contribution < 1.29 is 37.3 Å². The molecule has 9 heteroatoms. The van der Waals surface area contributed by atoms with E-state index in [0.29, 0.717) is 11.4 Å². The summed E-state index contributed by atoms with van der Waals surface area (Å²) in [6, 6.07) is 14.7. The van der Waals surface area contributed by atoms with E-state index in [4.69, 9.17) is 18.9 Å². The Labute approximate surface area is 188 Å². The van der Waals surface area contributed by atoms with Crippen LogP contribution in [0.4, 0.5) is 14.5 Å². The average Bonchev–Trinajstić information content (AvgIpc) is 2.83. The lowest BCUT2D eigenvalue weighted by molar-refractivity contribution is -0.118. The van der Waals surface area contributed by atoms with Crippen molar-refractivity contribution in [2.24, 2.45) is 0 Å². The van der Waals surface area contributed by atoms with E-state index in [1.165, 1.54) is 44.6 Å². The summed E-state index contributed by atoms with van der Waals surface area (Å²) >= 11 is 0. The first-order valence-electron chi connectivity index (χ1n) is 9.76. The van der Waals surface area contributed by atoms with Crippen molar-refractivity contribution >= 4 is 17.6 Å². The quantitative estimate of drug-likeness (QED) is 0.481. The third-order valence-electron chi connectivity index (χ3n) is 4.53. The van der Waals surface area contributed by atoms with E-state index in [-0.39, 0.29) is 29.2 Å². The fourth-order valence-corrected chi connectivity index (χ4v) is 2.88. The SMILES string of the molecule is COc1ccccc1NC(=O)COc1ccc(C(=O)OCc2cccc(F)c2F)cc1OC. The molecule has 1 N–H and O–H groups in total. The maximum Gasteiger partial charge on any atom is 0.338 e. The standard InChI is InChI=1S/C24H21F2NO6/c1-30-19-9-4-3-8-18(19)27-22(28)14-32-20-11-10-15(12-21(20)31-2)24(29)33-13-16-6-5-7-17(25)23(16)26/h3-12H,13-14H2,1-2H3,(H,27,28). The maximum atomic E-state index is 13.7.